The first-order valence-corrected chi connectivity index (χ1v) is 12.2. The molecule has 192 valence electrons. The number of para-hydroxylation sites is 1. The molecular weight excluding hydrogens is 546 g/mol. The fraction of sp³-hybridized carbons (Fsp3) is 0.200. The third kappa shape index (κ3) is 6.19. The molecule has 0 fully saturated rings. The molecule has 0 spiro atoms. The quantitative estimate of drug-likeness (QED) is 0.368. The van der Waals surface area contributed by atoms with Crippen molar-refractivity contribution >= 4 is 58.0 Å². The second kappa shape index (κ2) is 11.9. The number of hydrogen-bond donors (Lipinski definition) is 2. The highest BCUT2D eigenvalue weighted by Gasteiger charge is 2.30. The first kappa shape index (κ1) is 26.8. The molecule has 1 aliphatic rings. The number of rotatable bonds is 8. The lowest BCUT2D eigenvalue weighted by atomic mass is 10.0. The number of pyridine rings is 1. The van der Waals surface area contributed by atoms with Gasteiger partial charge in [-0.05, 0) is 31.2 Å². The van der Waals surface area contributed by atoms with E-state index in [9.17, 15) is 14.0 Å². The van der Waals surface area contributed by atoms with E-state index in [1.165, 1.54) is 12.1 Å². The van der Waals surface area contributed by atoms with Crippen LogP contribution in [0, 0.1) is 5.82 Å². The van der Waals surface area contributed by atoms with Crippen LogP contribution < -0.4 is 15.4 Å². The number of nitrogens with zero attached hydrogens (tertiary/aromatic N) is 2. The normalized spacial score (nSPS) is 14.8. The first-order chi connectivity index (χ1) is 17.8. The minimum absolute atomic E-state index is 0.0852. The molecular formula is C25H20Cl3FN4O4. The fourth-order valence-electron chi connectivity index (χ4n) is 3.57. The smallest absolute Gasteiger partial charge is 0.269 e. The monoisotopic (exact) mass is 564 g/mol. The second-order valence-electron chi connectivity index (χ2n) is 7.68. The minimum Gasteiger partial charge on any atom is -0.475 e. The minimum atomic E-state index is -1.43. The maximum absolute atomic E-state index is 14.0. The summed E-state index contributed by atoms with van der Waals surface area (Å²) in [6, 6.07) is 10.8. The lowest BCUT2D eigenvalue weighted by Crippen LogP contribution is -2.42. The Balaban J connectivity index is 1.72. The third-order valence-corrected chi connectivity index (χ3v) is 6.01. The van der Waals surface area contributed by atoms with Crippen molar-refractivity contribution in [3.8, 4) is 5.88 Å². The molecule has 1 aromatic heterocycles. The zero-order valence-electron chi connectivity index (χ0n) is 19.4. The van der Waals surface area contributed by atoms with Crippen molar-refractivity contribution in [1.82, 2.24) is 10.3 Å². The van der Waals surface area contributed by atoms with Crippen molar-refractivity contribution in [3.05, 3.63) is 86.2 Å². The molecule has 0 aliphatic carbocycles. The van der Waals surface area contributed by atoms with Crippen LogP contribution >= 0.6 is 34.8 Å². The maximum Gasteiger partial charge on any atom is 0.269 e. The lowest BCUT2D eigenvalue weighted by molar-refractivity contribution is -0.117. The maximum atomic E-state index is 14.0. The summed E-state index contributed by atoms with van der Waals surface area (Å²) in [4.78, 5) is 34.6. The van der Waals surface area contributed by atoms with E-state index >= 15 is 0 Å². The molecule has 1 atom stereocenters. The van der Waals surface area contributed by atoms with Crippen LogP contribution in [0.5, 0.6) is 5.88 Å². The number of anilines is 1. The molecule has 1 aliphatic heterocycles. The van der Waals surface area contributed by atoms with Crippen LogP contribution in [0.4, 0.5) is 10.1 Å². The molecule has 2 amide bonds. The van der Waals surface area contributed by atoms with Gasteiger partial charge in [0.2, 0.25) is 12.0 Å². The standard InChI is InChI=1S/C25H20Cl3FN4O4/c1-2-36-7-8-37-25-16(11-14(29)12-30-25)23(34)33-22-24(35)31-19-6-4-3-5-15(19)21(32-22)20-17(27)9-13(26)10-18(20)28/h3-6,9-12,22H,2,7-8H2,1H3,(H,31,35)(H,33,34)/t22-/m1/s1. The number of nitrogens with one attached hydrogen (secondary N) is 2. The highest BCUT2D eigenvalue weighted by Crippen LogP contribution is 2.34. The summed E-state index contributed by atoms with van der Waals surface area (Å²) in [5.74, 6) is -2.35. The van der Waals surface area contributed by atoms with Gasteiger partial charge in [-0.2, -0.15) is 0 Å². The van der Waals surface area contributed by atoms with E-state index < -0.39 is 23.8 Å². The van der Waals surface area contributed by atoms with E-state index in [-0.39, 0.29) is 40.4 Å². The zero-order chi connectivity index (χ0) is 26.5. The Bertz CT molecular complexity index is 1360. The summed E-state index contributed by atoms with van der Waals surface area (Å²) in [5.41, 5.74) is 1.30. The number of ether oxygens (including phenoxy) is 2. The van der Waals surface area contributed by atoms with Gasteiger partial charge in [0.1, 0.15) is 18.0 Å². The van der Waals surface area contributed by atoms with Gasteiger partial charge >= 0.3 is 0 Å². The lowest BCUT2D eigenvalue weighted by Gasteiger charge is -2.16. The Hall–Kier alpha value is -3.24. The number of aliphatic imine (C=N–C) groups is 1. The summed E-state index contributed by atoms with van der Waals surface area (Å²) in [5, 5.41) is 5.96. The van der Waals surface area contributed by atoms with Crippen molar-refractivity contribution in [2.75, 3.05) is 25.1 Å². The molecule has 2 heterocycles. The number of benzene rings is 2. The highest BCUT2D eigenvalue weighted by molar-refractivity contribution is 6.44. The number of hydrogen-bond acceptors (Lipinski definition) is 6. The number of halogens is 4. The van der Waals surface area contributed by atoms with Crippen molar-refractivity contribution in [1.29, 1.82) is 0 Å². The van der Waals surface area contributed by atoms with Gasteiger partial charge in [-0.3, -0.25) is 9.59 Å². The van der Waals surface area contributed by atoms with Gasteiger partial charge in [-0.1, -0.05) is 53.0 Å². The molecule has 0 radical (unpaired) electrons. The van der Waals surface area contributed by atoms with Crippen molar-refractivity contribution in [2.45, 2.75) is 13.1 Å². The first-order valence-electron chi connectivity index (χ1n) is 11.1. The van der Waals surface area contributed by atoms with Gasteiger partial charge in [0.25, 0.3) is 11.8 Å². The van der Waals surface area contributed by atoms with Gasteiger partial charge in [-0.15, -0.1) is 0 Å². The highest BCUT2D eigenvalue weighted by atomic mass is 35.5. The molecule has 12 heteroatoms. The van der Waals surface area contributed by atoms with E-state index in [0.717, 1.165) is 12.3 Å². The van der Waals surface area contributed by atoms with E-state index in [1.54, 1.807) is 24.3 Å². The topological polar surface area (TPSA) is 102 Å². The SMILES string of the molecule is CCOCCOc1ncc(F)cc1C(=O)N[C@H]1N=C(c2c(Cl)cc(Cl)cc2Cl)c2ccccc2NC1=O. The second-order valence-corrected chi connectivity index (χ2v) is 8.94. The molecule has 0 saturated carbocycles. The summed E-state index contributed by atoms with van der Waals surface area (Å²) in [6.07, 6.45) is -0.514. The number of carbonyl (C=O) groups is 2. The molecule has 37 heavy (non-hydrogen) atoms. The van der Waals surface area contributed by atoms with Gasteiger partial charge < -0.3 is 20.1 Å². The Morgan fingerprint density at radius 3 is 2.59 bits per heavy atom. The molecule has 2 N–H and O–H groups in total. The summed E-state index contributed by atoms with van der Waals surface area (Å²) in [6.45, 7) is 2.64. The predicted octanol–water partition coefficient (Wildman–Crippen LogP) is 5.14. The van der Waals surface area contributed by atoms with Gasteiger partial charge in [0, 0.05) is 22.8 Å². The number of fused-ring (bicyclic) bond motifs is 1. The third-order valence-electron chi connectivity index (χ3n) is 5.19. The summed E-state index contributed by atoms with van der Waals surface area (Å²) >= 11 is 19.0. The van der Waals surface area contributed by atoms with Crippen LogP contribution in [-0.2, 0) is 9.53 Å². The molecule has 4 rings (SSSR count). The molecule has 0 saturated heterocycles. The predicted molar refractivity (Wildman–Crippen MR) is 140 cm³/mol. The van der Waals surface area contributed by atoms with Crippen molar-refractivity contribution in [2.24, 2.45) is 4.99 Å². The average Bonchev–Trinajstić information content (AvgIpc) is 2.98. The largest absolute Gasteiger partial charge is 0.475 e. The van der Waals surface area contributed by atoms with Crippen LogP contribution in [0.3, 0.4) is 0 Å². The molecule has 0 bridgehead atoms. The van der Waals surface area contributed by atoms with Crippen LogP contribution in [0.2, 0.25) is 15.1 Å². The van der Waals surface area contributed by atoms with Crippen LogP contribution in [0.25, 0.3) is 0 Å². The molecule has 3 aromatic rings. The van der Waals surface area contributed by atoms with Crippen LogP contribution in [0.15, 0.2) is 53.7 Å². The van der Waals surface area contributed by atoms with Gasteiger partial charge in [0.05, 0.1) is 34.2 Å². The van der Waals surface area contributed by atoms with Crippen LogP contribution in [-0.4, -0.2) is 48.5 Å². The van der Waals surface area contributed by atoms with E-state index in [1.807, 2.05) is 6.92 Å². The summed E-state index contributed by atoms with van der Waals surface area (Å²) < 4.78 is 24.7. The number of carbonyl (C=O) groups excluding carboxylic acids is 2. The van der Waals surface area contributed by atoms with Crippen LogP contribution in [0.1, 0.15) is 28.4 Å². The Morgan fingerprint density at radius 2 is 1.86 bits per heavy atom. The fourth-order valence-corrected chi connectivity index (χ4v) is 4.57. The van der Waals surface area contributed by atoms with E-state index in [0.29, 0.717) is 28.4 Å². The van der Waals surface area contributed by atoms with Gasteiger partial charge in [-0.25, -0.2) is 14.4 Å². The Labute approximate surface area is 226 Å². The van der Waals surface area contributed by atoms with E-state index in [2.05, 4.69) is 20.6 Å². The van der Waals surface area contributed by atoms with Crippen molar-refractivity contribution in [3.63, 3.8) is 0 Å². The average molecular weight is 566 g/mol. The molecule has 8 nitrogen and oxygen atoms in total. The van der Waals surface area contributed by atoms with Gasteiger partial charge in [0.15, 0.2) is 0 Å². The number of aromatic nitrogens is 1. The zero-order valence-corrected chi connectivity index (χ0v) is 21.6. The number of amides is 2. The van der Waals surface area contributed by atoms with E-state index in [4.69, 9.17) is 44.3 Å². The van der Waals surface area contributed by atoms with Crippen molar-refractivity contribution < 1.29 is 23.5 Å². The Morgan fingerprint density at radius 1 is 1.14 bits per heavy atom. The molecule has 2 aromatic carbocycles. The summed E-state index contributed by atoms with van der Waals surface area (Å²) in [7, 11) is 0. The molecule has 0 unspecified atom stereocenters. The Kier molecular flexibility index (Phi) is 8.60. The number of benzodiazepines with no additional fused rings is 1.